The van der Waals surface area contributed by atoms with Crippen LogP contribution >= 0.6 is 23.5 Å². The Morgan fingerprint density at radius 2 is 2.00 bits per heavy atom. The van der Waals surface area contributed by atoms with Crippen molar-refractivity contribution in [2.45, 2.75) is 37.0 Å². The number of thioether (sulfide) groups is 2. The number of amides is 1. The highest BCUT2D eigenvalue weighted by molar-refractivity contribution is 8.06. The van der Waals surface area contributed by atoms with Crippen molar-refractivity contribution in [3.63, 3.8) is 0 Å². The van der Waals surface area contributed by atoms with E-state index in [2.05, 4.69) is 5.32 Å². The van der Waals surface area contributed by atoms with Crippen LogP contribution in [0, 0.1) is 5.92 Å². The molecule has 1 aliphatic carbocycles. The zero-order valence-electron chi connectivity index (χ0n) is 10.2. The lowest BCUT2D eigenvalue weighted by Crippen LogP contribution is -2.39. The molecular weight excluding hydrogens is 252 g/mol. The molecule has 1 saturated carbocycles. The van der Waals surface area contributed by atoms with Crippen molar-refractivity contribution in [1.82, 2.24) is 5.32 Å². The van der Waals surface area contributed by atoms with Crippen LogP contribution in [-0.4, -0.2) is 41.0 Å². The van der Waals surface area contributed by atoms with Crippen LogP contribution < -0.4 is 11.1 Å². The molecule has 5 heteroatoms. The maximum atomic E-state index is 12.0. The summed E-state index contributed by atoms with van der Waals surface area (Å²) in [6.07, 6.45) is 3.96. The number of carbonyl (C=O) groups is 1. The van der Waals surface area contributed by atoms with Crippen molar-refractivity contribution in [2.24, 2.45) is 11.7 Å². The van der Waals surface area contributed by atoms with Gasteiger partial charge in [-0.05, 0) is 25.7 Å². The smallest absolute Gasteiger partial charge is 0.223 e. The molecular formula is C12H22N2OS2. The minimum atomic E-state index is 0.219. The van der Waals surface area contributed by atoms with Crippen molar-refractivity contribution >= 4 is 29.4 Å². The molecule has 1 heterocycles. The maximum absolute atomic E-state index is 12.0. The zero-order valence-corrected chi connectivity index (χ0v) is 11.8. The lowest BCUT2D eigenvalue weighted by atomic mass is 9.86. The predicted octanol–water partition coefficient (Wildman–Crippen LogP) is 1.47. The Balaban J connectivity index is 1.66. The molecule has 98 valence electrons. The molecule has 1 aliphatic heterocycles. The molecule has 0 aromatic carbocycles. The van der Waals surface area contributed by atoms with Crippen LogP contribution in [0.5, 0.6) is 0 Å². The summed E-state index contributed by atoms with van der Waals surface area (Å²) in [5.74, 6) is 4.14. The van der Waals surface area contributed by atoms with Gasteiger partial charge in [0.2, 0.25) is 5.91 Å². The second-order valence-corrected chi connectivity index (χ2v) is 7.48. The molecule has 3 nitrogen and oxygen atoms in total. The van der Waals surface area contributed by atoms with E-state index in [4.69, 9.17) is 5.73 Å². The molecule has 0 spiro atoms. The fourth-order valence-corrected chi connectivity index (χ4v) is 5.01. The van der Waals surface area contributed by atoms with Gasteiger partial charge in [-0.1, -0.05) is 0 Å². The van der Waals surface area contributed by atoms with E-state index < -0.39 is 0 Å². The summed E-state index contributed by atoms with van der Waals surface area (Å²) in [6, 6.07) is 0.323. The van der Waals surface area contributed by atoms with Crippen LogP contribution in [0.25, 0.3) is 0 Å². The largest absolute Gasteiger partial charge is 0.355 e. The molecule has 2 fully saturated rings. The number of carbonyl (C=O) groups excluding carboxylic acids is 1. The quantitative estimate of drug-likeness (QED) is 0.818. The molecule has 1 unspecified atom stereocenters. The van der Waals surface area contributed by atoms with Crippen molar-refractivity contribution in [2.75, 3.05) is 23.8 Å². The van der Waals surface area contributed by atoms with Crippen LogP contribution in [0.4, 0.5) is 0 Å². The summed E-state index contributed by atoms with van der Waals surface area (Å²) in [7, 11) is 0. The lowest BCUT2D eigenvalue weighted by molar-refractivity contribution is -0.125. The van der Waals surface area contributed by atoms with E-state index in [-0.39, 0.29) is 11.8 Å². The van der Waals surface area contributed by atoms with E-state index in [1.807, 2.05) is 23.5 Å². The zero-order chi connectivity index (χ0) is 12.1. The summed E-state index contributed by atoms with van der Waals surface area (Å²) in [5, 5.41) is 3.74. The summed E-state index contributed by atoms with van der Waals surface area (Å²) in [5.41, 5.74) is 5.85. The first kappa shape index (κ1) is 13.6. The highest BCUT2D eigenvalue weighted by Crippen LogP contribution is 2.25. The first-order chi connectivity index (χ1) is 8.25. The van der Waals surface area contributed by atoms with Crippen LogP contribution in [-0.2, 0) is 4.79 Å². The van der Waals surface area contributed by atoms with Crippen molar-refractivity contribution in [1.29, 1.82) is 0 Å². The Hall–Kier alpha value is 0.130. The lowest BCUT2D eigenvalue weighted by Gasteiger charge is -2.26. The van der Waals surface area contributed by atoms with E-state index in [1.165, 1.54) is 17.3 Å². The van der Waals surface area contributed by atoms with Gasteiger partial charge in [0.25, 0.3) is 0 Å². The van der Waals surface area contributed by atoms with Gasteiger partial charge in [-0.3, -0.25) is 4.79 Å². The Morgan fingerprint density at radius 1 is 1.24 bits per heavy atom. The second kappa shape index (κ2) is 6.90. The Morgan fingerprint density at radius 3 is 2.65 bits per heavy atom. The highest BCUT2D eigenvalue weighted by Gasteiger charge is 2.25. The molecule has 1 atom stereocenters. The van der Waals surface area contributed by atoms with E-state index in [1.54, 1.807) is 0 Å². The number of hydrogen-bond donors (Lipinski definition) is 2. The minimum absolute atomic E-state index is 0.219. The SMILES string of the molecule is NC1CCC(C(=O)NCC2CSCCS2)CC1. The third kappa shape index (κ3) is 4.38. The standard InChI is InChI=1S/C12H22N2OS2/c13-10-3-1-9(2-4-10)12(15)14-7-11-8-16-5-6-17-11/h9-11H,1-8,13H2,(H,14,15). The number of hydrogen-bond acceptors (Lipinski definition) is 4. The van der Waals surface area contributed by atoms with Gasteiger partial charge >= 0.3 is 0 Å². The predicted molar refractivity (Wildman–Crippen MR) is 76.5 cm³/mol. The topological polar surface area (TPSA) is 55.1 Å². The normalized spacial score (nSPS) is 34.3. The molecule has 17 heavy (non-hydrogen) atoms. The van der Waals surface area contributed by atoms with Crippen LogP contribution in [0.3, 0.4) is 0 Å². The molecule has 0 radical (unpaired) electrons. The van der Waals surface area contributed by atoms with Crippen LogP contribution in [0.2, 0.25) is 0 Å². The number of nitrogens with one attached hydrogen (secondary N) is 1. The fraction of sp³-hybridized carbons (Fsp3) is 0.917. The third-order valence-electron chi connectivity index (χ3n) is 3.53. The van der Waals surface area contributed by atoms with Crippen LogP contribution in [0.1, 0.15) is 25.7 Å². The van der Waals surface area contributed by atoms with Crippen LogP contribution in [0.15, 0.2) is 0 Å². The van der Waals surface area contributed by atoms with Gasteiger partial charge in [0.1, 0.15) is 0 Å². The van der Waals surface area contributed by atoms with E-state index in [0.29, 0.717) is 11.3 Å². The number of rotatable bonds is 3. The first-order valence-electron chi connectivity index (χ1n) is 6.48. The molecule has 2 aliphatic rings. The Bertz CT molecular complexity index is 249. The molecule has 2 rings (SSSR count). The first-order valence-corrected chi connectivity index (χ1v) is 8.68. The molecule has 0 aromatic rings. The second-order valence-electron chi connectivity index (χ2n) is 4.92. The van der Waals surface area contributed by atoms with Gasteiger partial charge in [0, 0.05) is 41.0 Å². The van der Waals surface area contributed by atoms with E-state index >= 15 is 0 Å². The Labute approximate surface area is 112 Å². The van der Waals surface area contributed by atoms with Gasteiger partial charge in [0.15, 0.2) is 0 Å². The van der Waals surface area contributed by atoms with Gasteiger partial charge in [-0.25, -0.2) is 0 Å². The van der Waals surface area contributed by atoms with E-state index in [0.717, 1.165) is 32.2 Å². The molecule has 3 N–H and O–H groups in total. The summed E-state index contributed by atoms with van der Waals surface area (Å²) in [4.78, 5) is 12.0. The van der Waals surface area contributed by atoms with Crippen molar-refractivity contribution in [3.05, 3.63) is 0 Å². The third-order valence-corrected chi connectivity index (χ3v) is 6.38. The average Bonchev–Trinajstić information content (AvgIpc) is 2.38. The average molecular weight is 274 g/mol. The van der Waals surface area contributed by atoms with Crippen molar-refractivity contribution in [3.8, 4) is 0 Å². The summed E-state index contributed by atoms with van der Waals surface area (Å²) in [6.45, 7) is 0.846. The maximum Gasteiger partial charge on any atom is 0.223 e. The Kier molecular flexibility index (Phi) is 5.50. The number of nitrogens with two attached hydrogens (primary N) is 1. The van der Waals surface area contributed by atoms with Gasteiger partial charge in [-0.2, -0.15) is 23.5 Å². The minimum Gasteiger partial charge on any atom is -0.355 e. The molecule has 1 amide bonds. The van der Waals surface area contributed by atoms with Gasteiger partial charge in [0.05, 0.1) is 0 Å². The monoisotopic (exact) mass is 274 g/mol. The van der Waals surface area contributed by atoms with Crippen molar-refractivity contribution < 1.29 is 4.79 Å². The highest BCUT2D eigenvalue weighted by atomic mass is 32.2. The van der Waals surface area contributed by atoms with Gasteiger partial charge in [-0.15, -0.1) is 0 Å². The van der Waals surface area contributed by atoms with Gasteiger partial charge < -0.3 is 11.1 Å². The molecule has 1 saturated heterocycles. The van der Waals surface area contributed by atoms with E-state index in [9.17, 15) is 4.79 Å². The fourth-order valence-electron chi connectivity index (χ4n) is 2.39. The summed E-state index contributed by atoms with van der Waals surface area (Å²) >= 11 is 4.00. The molecule has 0 bridgehead atoms. The molecule has 0 aromatic heterocycles. The summed E-state index contributed by atoms with van der Waals surface area (Å²) < 4.78 is 0.